The van der Waals surface area contributed by atoms with Crippen molar-refractivity contribution >= 4 is 17.8 Å². The van der Waals surface area contributed by atoms with Gasteiger partial charge in [-0.05, 0) is 31.9 Å². The Bertz CT molecular complexity index is 864. The quantitative estimate of drug-likeness (QED) is 0.444. The van der Waals surface area contributed by atoms with Gasteiger partial charge >= 0.3 is 12.1 Å². The van der Waals surface area contributed by atoms with Crippen LogP contribution in [-0.4, -0.2) is 58.3 Å². The summed E-state index contributed by atoms with van der Waals surface area (Å²) < 4.78 is 10.6. The minimum absolute atomic E-state index is 0.105. The molecule has 0 unspecified atom stereocenters. The number of esters is 1. The molecular weight excluding hydrogens is 388 g/mol. The number of aliphatic hydroxyl groups is 1. The lowest BCUT2D eigenvalue weighted by atomic mass is 9.59. The Morgan fingerprint density at radius 2 is 1.93 bits per heavy atom. The first-order valence-electron chi connectivity index (χ1n) is 10.0. The summed E-state index contributed by atoms with van der Waals surface area (Å²) in [4.78, 5) is 26.8. The fourth-order valence-corrected chi connectivity index (χ4v) is 4.58. The molecule has 2 aliphatic rings. The number of piperidine rings is 1. The standard InChI is InChI=1S/C22H28N2O6/c1-4-29-18(25)16-12-22(3,27)19(23-28)21(2)14-24(11-10-17(16)21)20(26)30-13-15-8-6-5-7-9-15/h5-9,12,17,27-28H,4,10-11,13-14H2,1-3H3/b23-19-/t17-,21-,22-/m0/s1. The van der Waals surface area contributed by atoms with Crippen LogP contribution in [0.2, 0.25) is 0 Å². The van der Waals surface area contributed by atoms with Crippen LogP contribution in [-0.2, 0) is 20.9 Å². The number of ether oxygens (including phenoxy) is 2. The SMILES string of the molecule is CCOC(=O)C1=C[C@](C)(O)/C(=N\O)[C@@]2(C)CN(C(=O)OCc3ccccc3)CC[C@@H]12. The van der Waals surface area contributed by atoms with E-state index in [1.807, 2.05) is 30.3 Å². The fraction of sp³-hybridized carbons (Fsp3) is 0.500. The summed E-state index contributed by atoms with van der Waals surface area (Å²) >= 11 is 0. The highest BCUT2D eigenvalue weighted by atomic mass is 16.6. The van der Waals surface area contributed by atoms with Gasteiger partial charge in [-0.15, -0.1) is 0 Å². The van der Waals surface area contributed by atoms with Crippen molar-refractivity contribution in [2.45, 2.75) is 39.4 Å². The lowest BCUT2D eigenvalue weighted by molar-refractivity contribution is -0.140. The summed E-state index contributed by atoms with van der Waals surface area (Å²) in [5.74, 6) is -0.869. The highest BCUT2D eigenvalue weighted by molar-refractivity contribution is 6.04. The molecule has 8 nitrogen and oxygen atoms in total. The number of nitrogens with zero attached hydrogens (tertiary/aromatic N) is 2. The average molecular weight is 416 g/mol. The predicted octanol–water partition coefficient (Wildman–Crippen LogP) is 2.74. The molecule has 8 heteroatoms. The largest absolute Gasteiger partial charge is 0.463 e. The van der Waals surface area contributed by atoms with Crippen LogP contribution < -0.4 is 0 Å². The van der Waals surface area contributed by atoms with Crippen LogP contribution in [0.3, 0.4) is 0 Å². The van der Waals surface area contributed by atoms with Crippen molar-refractivity contribution in [1.82, 2.24) is 4.90 Å². The summed E-state index contributed by atoms with van der Waals surface area (Å²) in [5.41, 5.74) is -1.29. The molecule has 3 atom stereocenters. The van der Waals surface area contributed by atoms with Crippen molar-refractivity contribution in [3.63, 3.8) is 0 Å². The second-order valence-electron chi connectivity index (χ2n) is 8.14. The van der Waals surface area contributed by atoms with Crippen LogP contribution in [0.1, 0.15) is 32.8 Å². The van der Waals surface area contributed by atoms with E-state index >= 15 is 0 Å². The molecule has 0 radical (unpaired) electrons. The predicted molar refractivity (Wildman–Crippen MR) is 109 cm³/mol. The lowest BCUT2D eigenvalue weighted by Crippen LogP contribution is -2.61. The van der Waals surface area contributed by atoms with E-state index in [0.717, 1.165) is 5.56 Å². The average Bonchev–Trinajstić information content (AvgIpc) is 2.71. The maximum atomic E-state index is 12.7. The number of carbonyl (C=O) groups excluding carboxylic acids is 2. The third-order valence-electron chi connectivity index (χ3n) is 5.88. The van der Waals surface area contributed by atoms with Gasteiger partial charge in [0.05, 0.1) is 6.61 Å². The van der Waals surface area contributed by atoms with Crippen LogP contribution in [0.15, 0.2) is 47.1 Å². The van der Waals surface area contributed by atoms with Crippen molar-refractivity contribution in [3.8, 4) is 0 Å². The summed E-state index contributed by atoms with van der Waals surface area (Å²) in [6.45, 7) is 5.80. The van der Waals surface area contributed by atoms with Crippen LogP contribution in [0, 0.1) is 11.3 Å². The van der Waals surface area contributed by atoms with Gasteiger partial charge in [-0.1, -0.05) is 42.4 Å². The number of amides is 1. The Morgan fingerprint density at radius 3 is 2.57 bits per heavy atom. The Labute approximate surface area is 175 Å². The van der Waals surface area contributed by atoms with Gasteiger partial charge in [-0.3, -0.25) is 0 Å². The normalized spacial score (nSPS) is 29.7. The highest BCUT2D eigenvalue weighted by Gasteiger charge is 2.56. The number of oxime groups is 1. The number of carbonyl (C=O) groups is 2. The van der Waals surface area contributed by atoms with Gasteiger partial charge in [0.1, 0.15) is 17.9 Å². The van der Waals surface area contributed by atoms with Gasteiger partial charge in [-0.25, -0.2) is 9.59 Å². The molecule has 162 valence electrons. The van der Waals surface area contributed by atoms with Gasteiger partial charge < -0.3 is 24.7 Å². The Morgan fingerprint density at radius 1 is 1.23 bits per heavy atom. The van der Waals surface area contributed by atoms with Gasteiger partial charge in [-0.2, -0.15) is 0 Å². The molecule has 1 aromatic carbocycles. The van der Waals surface area contributed by atoms with E-state index in [1.165, 1.54) is 17.9 Å². The van der Waals surface area contributed by atoms with Crippen molar-refractivity contribution in [3.05, 3.63) is 47.5 Å². The maximum absolute atomic E-state index is 12.7. The van der Waals surface area contributed by atoms with Crippen molar-refractivity contribution in [1.29, 1.82) is 0 Å². The van der Waals surface area contributed by atoms with E-state index in [2.05, 4.69) is 5.16 Å². The molecule has 1 fully saturated rings. The molecule has 1 amide bonds. The van der Waals surface area contributed by atoms with Gasteiger partial charge in [0, 0.05) is 30.0 Å². The third-order valence-corrected chi connectivity index (χ3v) is 5.88. The number of fused-ring (bicyclic) bond motifs is 1. The van der Waals surface area contributed by atoms with Crippen molar-refractivity contribution in [2.75, 3.05) is 19.7 Å². The van der Waals surface area contributed by atoms with E-state index in [4.69, 9.17) is 9.47 Å². The molecule has 1 aliphatic heterocycles. The highest BCUT2D eigenvalue weighted by Crippen LogP contribution is 2.48. The van der Waals surface area contributed by atoms with Crippen molar-refractivity contribution in [2.24, 2.45) is 16.5 Å². The first-order chi connectivity index (χ1) is 14.2. The fourth-order valence-electron chi connectivity index (χ4n) is 4.58. The monoisotopic (exact) mass is 416 g/mol. The van der Waals surface area contributed by atoms with Crippen LogP contribution in [0.4, 0.5) is 4.79 Å². The Balaban J connectivity index is 1.83. The third kappa shape index (κ3) is 4.05. The first kappa shape index (κ1) is 21.8. The van der Waals surface area contributed by atoms with Gasteiger partial charge in [0.15, 0.2) is 0 Å². The molecule has 1 aromatic rings. The van der Waals surface area contributed by atoms with E-state index in [-0.39, 0.29) is 31.4 Å². The minimum atomic E-state index is -1.65. The Hall–Kier alpha value is -2.87. The number of hydrogen-bond acceptors (Lipinski definition) is 7. The second kappa shape index (κ2) is 8.47. The van der Waals surface area contributed by atoms with E-state index in [1.54, 1.807) is 13.8 Å². The number of benzene rings is 1. The molecule has 0 spiro atoms. The van der Waals surface area contributed by atoms with Crippen molar-refractivity contribution < 1.29 is 29.4 Å². The topological polar surface area (TPSA) is 109 Å². The number of hydrogen-bond donors (Lipinski definition) is 2. The number of likely N-dealkylation sites (tertiary alicyclic amines) is 1. The number of rotatable bonds is 4. The smallest absolute Gasteiger partial charge is 0.410 e. The lowest BCUT2D eigenvalue weighted by Gasteiger charge is -2.51. The zero-order chi connectivity index (χ0) is 21.9. The molecule has 30 heavy (non-hydrogen) atoms. The summed E-state index contributed by atoms with van der Waals surface area (Å²) in [6, 6.07) is 9.36. The first-order valence-corrected chi connectivity index (χ1v) is 10.0. The molecule has 2 N–H and O–H groups in total. The summed E-state index contributed by atoms with van der Waals surface area (Å²) in [7, 11) is 0. The molecule has 0 saturated carbocycles. The molecule has 1 heterocycles. The Kier molecular flexibility index (Phi) is 6.17. The minimum Gasteiger partial charge on any atom is -0.463 e. The van der Waals surface area contributed by atoms with E-state index < -0.39 is 23.1 Å². The van der Waals surface area contributed by atoms with E-state index in [9.17, 15) is 19.9 Å². The molecule has 1 aliphatic carbocycles. The second-order valence-corrected chi connectivity index (χ2v) is 8.14. The molecule has 0 bridgehead atoms. The summed E-state index contributed by atoms with van der Waals surface area (Å²) in [5, 5.41) is 24.0. The molecule has 1 saturated heterocycles. The van der Waals surface area contributed by atoms with Crippen LogP contribution in [0.25, 0.3) is 0 Å². The maximum Gasteiger partial charge on any atom is 0.410 e. The molecule has 3 rings (SSSR count). The van der Waals surface area contributed by atoms with Crippen LogP contribution in [0.5, 0.6) is 0 Å². The zero-order valence-corrected chi connectivity index (χ0v) is 17.5. The van der Waals surface area contributed by atoms with Crippen LogP contribution >= 0.6 is 0 Å². The summed E-state index contributed by atoms with van der Waals surface area (Å²) in [6.07, 6.45) is 1.34. The van der Waals surface area contributed by atoms with E-state index in [0.29, 0.717) is 18.5 Å². The van der Waals surface area contributed by atoms with Gasteiger partial charge in [0.2, 0.25) is 0 Å². The molecule has 0 aromatic heterocycles. The zero-order valence-electron chi connectivity index (χ0n) is 17.5. The molecular formula is C22H28N2O6. The van der Waals surface area contributed by atoms with Gasteiger partial charge in [0.25, 0.3) is 0 Å².